The summed E-state index contributed by atoms with van der Waals surface area (Å²) in [7, 11) is 0. The van der Waals surface area contributed by atoms with Crippen molar-refractivity contribution >= 4 is 11.9 Å². The topological polar surface area (TPSA) is 84.6 Å². The summed E-state index contributed by atoms with van der Waals surface area (Å²) in [6, 6.07) is 0. The number of nitrogens with two attached hydrogens (primary N) is 1. The number of hydrogen-bond donors (Lipinski definition) is 1. The van der Waals surface area contributed by atoms with Crippen LogP contribution in [0.5, 0.6) is 0 Å². The zero-order chi connectivity index (χ0) is 16.6. The van der Waals surface area contributed by atoms with Crippen LogP contribution in [0.1, 0.15) is 30.5 Å². The number of carbonyl (C=O) groups is 1. The lowest BCUT2D eigenvalue weighted by molar-refractivity contribution is -0.137. The molecule has 3 heterocycles. The Morgan fingerprint density at radius 3 is 2.96 bits per heavy atom. The summed E-state index contributed by atoms with van der Waals surface area (Å²) in [4.78, 5) is 25.5. The van der Waals surface area contributed by atoms with Gasteiger partial charge in [0.15, 0.2) is 0 Å². The number of fused-ring (bicyclic) bond motifs is 2. The number of aryl methyl sites for hydroxylation is 1. The summed E-state index contributed by atoms with van der Waals surface area (Å²) in [5.41, 5.74) is 8.23. The molecule has 24 heavy (non-hydrogen) atoms. The normalized spacial score (nSPS) is 27.4. The summed E-state index contributed by atoms with van der Waals surface area (Å²) in [5, 5.41) is 0. The first kappa shape index (κ1) is 15.8. The molecule has 0 aromatic carbocycles. The second kappa shape index (κ2) is 6.29. The molecule has 7 heteroatoms. The standard InChI is InChI=1S/C17H25N5O2/c18-16-19-10-13-2-4-17(15(13)20-16)3-1-5-21(12-17)11-14(23)22-6-8-24-9-7-22/h10H,1-9,11-12H2,(H2,18,19,20). The molecule has 2 N–H and O–H groups in total. The first-order valence-electron chi connectivity index (χ1n) is 8.86. The Morgan fingerprint density at radius 1 is 1.29 bits per heavy atom. The molecule has 0 bridgehead atoms. The van der Waals surface area contributed by atoms with Crippen LogP contribution in [0.15, 0.2) is 6.20 Å². The summed E-state index contributed by atoms with van der Waals surface area (Å²) < 4.78 is 5.33. The molecule has 2 fully saturated rings. The Hall–Kier alpha value is -1.73. The first-order valence-corrected chi connectivity index (χ1v) is 8.86. The van der Waals surface area contributed by atoms with Gasteiger partial charge in [-0.25, -0.2) is 9.97 Å². The fourth-order valence-electron chi connectivity index (χ4n) is 4.42. The lowest BCUT2D eigenvalue weighted by Crippen LogP contribution is -2.51. The molecule has 3 aliphatic rings. The van der Waals surface area contributed by atoms with Crippen molar-refractivity contribution in [2.24, 2.45) is 0 Å². The number of hydrogen-bond acceptors (Lipinski definition) is 6. The van der Waals surface area contributed by atoms with Crippen LogP contribution >= 0.6 is 0 Å². The van der Waals surface area contributed by atoms with Crippen LogP contribution in [-0.2, 0) is 21.4 Å². The van der Waals surface area contributed by atoms with Gasteiger partial charge in [0.1, 0.15) is 0 Å². The van der Waals surface area contributed by atoms with Gasteiger partial charge >= 0.3 is 0 Å². The lowest BCUT2D eigenvalue weighted by Gasteiger charge is -2.41. The van der Waals surface area contributed by atoms with Crippen molar-refractivity contribution in [3.8, 4) is 0 Å². The highest BCUT2D eigenvalue weighted by molar-refractivity contribution is 5.78. The molecule has 0 saturated carbocycles. The van der Waals surface area contributed by atoms with Crippen molar-refractivity contribution < 1.29 is 9.53 Å². The van der Waals surface area contributed by atoms with E-state index in [0.29, 0.717) is 38.8 Å². The number of amides is 1. The van der Waals surface area contributed by atoms with E-state index in [4.69, 9.17) is 10.5 Å². The van der Waals surface area contributed by atoms with Crippen molar-refractivity contribution in [3.05, 3.63) is 17.5 Å². The number of likely N-dealkylation sites (tertiary alicyclic amines) is 1. The van der Waals surface area contributed by atoms with Gasteiger partial charge in [-0.05, 0) is 37.8 Å². The second-order valence-electron chi connectivity index (χ2n) is 7.19. The van der Waals surface area contributed by atoms with E-state index < -0.39 is 0 Å². The molecule has 1 aromatic rings. The number of carbonyl (C=O) groups excluding carboxylic acids is 1. The number of nitrogens with zero attached hydrogens (tertiary/aromatic N) is 4. The van der Waals surface area contributed by atoms with Gasteiger partial charge < -0.3 is 15.4 Å². The Bertz CT molecular complexity index is 627. The van der Waals surface area contributed by atoms with Gasteiger partial charge in [0.05, 0.1) is 25.5 Å². The smallest absolute Gasteiger partial charge is 0.236 e. The summed E-state index contributed by atoms with van der Waals surface area (Å²) in [6.07, 6.45) is 6.20. The molecule has 4 rings (SSSR count). The van der Waals surface area contributed by atoms with Crippen molar-refractivity contribution in [2.75, 3.05) is 51.7 Å². The van der Waals surface area contributed by atoms with Crippen molar-refractivity contribution in [1.82, 2.24) is 19.8 Å². The van der Waals surface area contributed by atoms with Crippen LogP contribution < -0.4 is 5.73 Å². The van der Waals surface area contributed by atoms with Gasteiger partial charge in [0.25, 0.3) is 0 Å². The Labute approximate surface area is 142 Å². The molecule has 1 atom stereocenters. The van der Waals surface area contributed by atoms with E-state index in [1.165, 1.54) is 5.56 Å². The van der Waals surface area contributed by atoms with E-state index in [2.05, 4.69) is 14.9 Å². The Morgan fingerprint density at radius 2 is 2.12 bits per heavy atom. The summed E-state index contributed by atoms with van der Waals surface area (Å²) in [6.45, 7) is 5.10. The third-order valence-corrected chi connectivity index (χ3v) is 5.64. The molecule has 1 spiro atoms. The minimum atomic E-state index is 0.0515. The van der Waals surface area contributed by atoms with E-state index in [0.717, 1.165) is 44.5 Å². The molecule has 1 unspecified atom stereocenters. The molecule has 7 nitrogen and oxygen atoms in total. The minimum absolute atomic E-state index is 0.0515. The summed E-state index contributed by atoms with van der Waals surface area (Å²) in [5.74, 6) is 0.576. The molecular weight excluding hydrogens is 306 g/mol. The number of ether oxygens (including phenoxy) is 1. The molecule has 1 amide bonds. The van der Waals surface area contributed by atoms with Gasteiger partial charge in [-0.2, -0.15) is 0 Å². The molecule has 0 radical (unpaired) electrons. The lowest BCUT2D eigenvalue weighted by atomic mass is 9.77. The number of morpholine rings is 1. The van der Waals surface area contributed by atoms with Crippen molar-refractivity contribution in [1.29, 1.82) is 0 Å². The number of aromatic nitrogens is 2. The highest BCUT2D eigenvalue weighted by Gasteiger charge is 2.44. The van der Waals surface area contributed by atoms with E-state index in [-0.39, 0.29) is 11.3 Å². The fraction of sp³-hybridized carbons (Fsp3) is 0.706. The Kier molecular flexibility index (Phi) is 4.14. The highest BCUT2D eigenvalue weighted by atomic mass is 16.5. The third-order valence-electron chi connectivity index (χ3n) is 5.64. The van der Waals surface area contributed by atoms with Crippen LogP contribution in [0.4, 0.5) is 5.95 Å². The number of piperidine rings is 1. The average molecular weight is 331 g/mol. The number of nitrogen functional groups attached to an aromatic ring is 1. The zero-order valence-corrected chi connectivity index (χ0v) is 14.0. The molecule has 2 saturated heterocycles. The summed E-state index contributed by atoms with van der Waals surface area (Å²) >= 11 is 0. The van der Waals surface area contributed by atoms with Gasteiger partial charge in [0.2, 0.25) is 11.9 Å². The quantitative estimate of drug-likeness (QED) is 0.833. The Balaban J connectivity index is 1.47. The minimum Gasteiger partial charge on any atom is -0.378 e. The van der Waals surface area contributed by atoms with Gasteiger partial charge in [-0.1, -0.05) is 0 Å². The number of anilines is 1. The number of rotatable bonds is 2. The van der Waals surface area contributed by atoms with Gasteiger partial charge in [-0.3, -0.25) is 9.69 Å². The van der Waals surface area contributed by atoms with Crippen LogP contribution in [0, 0.1) is 0 Å². The fourth-order valence-corrected chi connectivity index (χ4v) is 4.42. The van der Waals surface area contributed by atoms with E-state index in [1.807, 2.05) is 11.1 Å². The first-order chi connectivity index (χ1) is 11.7. The molecule has 130 valence electrons. The maximum Gasteiger partial charge on any atom is 0.236 e. The molecule has 1 aliphatic carbocycles. The van der Waals surface area contributed by atoms with E-state index in [9.17, 15) is 4.79 Å². The van der Waals surface area contributed by atoms with Crippen molar-refractivity contribution in [3.63, 3.8) is 0 Å². The van der Waals surface area contributed by atoms with Gasteiger partial charge in [0, 0.05) is 31.2 Å². The molecule has 2 aliphatic heterocycles. The van der Waals surface area contributed by atoms with Crippen LogP contribution in [0.25, 0.3) is 0 Å². The largest absolute Gasteiger partial charge is 0.378 e. The van der Waals surface area contributed by atoms with Crippen molar-refractivity contribution in [2.45, 2.75) is 31.1 Å². The highest BCUT2D eigenvalue weighted by Crippen LogP contribution is 2.43. The van der Waals surface area contributed by atoms with Crippen LogP contribution in [0.3, 0.4) is 0 Å². The van der Waals surface area contributed by atoms with Crippen LogP contribution in [0.2, 0.25) is 0 Å². The maximum absolute atomic E-state index is 12.6. The van der Waals surface area contributed by atoms with E-state index in [1.54, 1.807) is 0 Å². The van der Waals surface area contributed by atoms with Gasteiger partial charge in [-0.15, -0.1) is 0 Å². The zero-order valence-electron chi connectivity index (χ0n) is 14.0. The predicted molar refractivity (Wildman–Crippen MR) is 89.5 cm³/mol. The SMILES string of the molecule is Nc1ncc2c(n1)C1(CCCN(CC(=O)N3CCOCC3)C1)CC2. The predicted octanol–water partition coefficient (Wildman–Crippen LogP) is 0.197. The van der Waals surface area contributed by atoms with E-state index >= 15 is 0 Å². The van der Waals surface area contributed by atoms with Crippen LogP contribution in [-0.4, -0.2) is 71.6 Å². The monoisotopic (exact) mass is 331 g/mol. The molecule has 1 aromatic heterocycles. The average Bonchev–Trinajstić information content (AvgIpc) is 2.93. The maximum atomic E-state index is 12.6. The molecular formula is C17H25N5O2. The third kappa shape index (κ3) is 2.86. The second-order valence-corrected chi connectivity index (χ2v) is 7.19.